The Morgan fingerprint density at radius 3 is 2.59 bits per heavy atom. The van der Waals surface area contributed by atoms with Crippen molar-refractivity contribution in [1.29, 1.82) is 0 Å². The molecule has 1 heterocycles. The van der Waals surface area contributed by atoms with Gasteiger partial charge in [0, 0.05) is 22.8 Å². The number of benzene rings is 2. The van der Waals surface area contributed by atoms with Gasteiger partial charge in [0.05, 0.1) is 0 Å². The van der Waals surface area contributed by atoms with Gasteiger partial charge in [-0.3, -0.25) is 19.3 Å². The number of amides is 3. The van der Waals surface area contributed by atoms with Crippen molar-refractivity contribution in [3.63, 3.8) is 0 Å². The predicted molar refractivity (Wildman–Crippen MR) is 113 cm³/mol. The molecule has 1 saturated heterocycles. The zero-order valence-corrected chi connectivity index (χ0v) is 17.4. The molecule has 0 aromatic heterocycles. The lowest BCUT2D eigenvalue weighted by Gasteiger charge is -2.25. The third-order valence-corrected chi connectivity index (χ3v) is 5.13. The van der Waals surface area contributed by atoms with Gasteiger partial charge in [-0.1, -0.05) is 42.8 Å². The molecule has 0 saturated carbocycles. The summed E-state index contributed by atoms with van der Waals surface area (Å²) in [4.78, 5) is 42.8. The lowest BCUT2D eigenvalue weighted by Crippen LogP contribution is -2.43. The SMILES string of the molecule is CCCN(CC(=O)N1CC(=O)N(c2cccc(Cl)c2)C1)C(=O)c1ccccc1C. The van der Waals surface area contributed by atoms with Crippen molar-refractivity contribution in [2.45, 2.75) is 20.3 Å². The van der Waals surface area contributed by atoms with E-state index in [0.717, 1.165) is 12.0 Å². The number of aryl methyl sites for hydroxylation is 1. The molecule has 0 atom stereocenters. The molecule has 2 aromatic carbocycles. The highest BCUT2D eigenvalue weighted by Gasteiger charge is 2.33. The first-order valence-corrected chi connectivity index (χ1v) is 9.97. The van der Waals surface area contributed by atoms with Gasteiger partial charge < -0.3 is 9.80 Å². The average Bonchev–Trinajstić information content (AvgIpc) is 3.09. The van der Waals surface area contributed by atoms with Crippen molar-refractivity contribution < 1.29 is 14.4 Å². The largest absolute Gasteiger partial charge is 0.329 e. The van der Waals surface area contributed by atoms with E-state index in [1.807, 2.05) is 32.0 Å². The number of hydrogen-bond donors (Lipinski definition) is 0. The topological polar surface area (TPSA) is 60.9 Å². The number of anilines is 1. The second-order valence-corrected chi connectivity index (χ2v) is 7.51. The minimum atomic E-state index is -0.252. The second-order valence-electron chi connectivity index (χ2n) is 7.08. The van der Waals surface area contributed by atoms with Gasteiger partial charge in [0.2, 0.25) is 11.8 Å². The Kier molecular flexibility index (Phi) is 6.54. The van der Waals surface area contributed by atoms with E-state index < -0.39 is 0 Å². The molecule has 0 radical (unpaired) electrons. The summed E-state index contributed by atoms with van der Waals surface area (Å²) in [6.45, 7) is 4.39. The maximum atomic E-state index is 13.0. The van der Waals surface area contributed by atoms with Gasteiger partial charge in [-0.25, -0.2) is 0 Å². The first-order chi connectivity index (χ1) is 13.9. The third-order valence-electron chi connectivity index (χ3n) is 4.89. The van der Waals surface area contributed by atoms with Crippen LogP contribution >= 0.6 is 11.6 Å². The molecule has 1 aliphatic heterocycles. The standard InChI is InChI=1S/C22H24ClN3O3/c1-3-11-24(22(29)19-10-5-4-7-16(19)2)13-20(27)25-14-21(28)26(15-25)18-9-6-8-17(23)12-18/h4-10,12H,3,11,13-15H2,1-2H3. The fraction of sp³-hybridized carbons (Fsp3) is 0.318. The molecule has 152 valence electrons. The number of nitrogens with zero attached hydrogens (tertiary/aromatic N) is 3. The van der Waals surface area contributed by atoms with Crippen LogP contribution in [0.4, 0.5) is 5.69 Å². The zero-order valence-electron chi connectivity index (χ0n) is 16.6. The van der Waals surface area contributed by atoms with Crippen LogP contribution in [0, 0.1) is 6.92 Å². The first kappa shape index (κ1) is 20.9. The van der Waals surface area contributed by atoms with Crippen LogP contribution in [0.15, 0.2) is 48.5 Å². The van der Waals surface area contributed by atoms with Crippen molar-refractivity contribution in [3.8, 4) is 0 Å². The van der Waals surface area contributed by atoms with Crippen LogP contribution in [0.3, 0.4) is 0 Å². The lowest BCUT2D eigenvalue weighted by molar-refractivity contribution is -0.132. The molecule has 0 N–H and O–H groups in total. The minimum Gasteiger partial charge on any atom is -0.329 e. The van der Waals surface area contributed by atoms with Crippen LogP contribution in [-0.2, 0) is 9.59 Å². The highest BCUT2D eigenvalue weighted by molar-refractivity contribution is 6.31. The molecule has 6 nitrogen and oxygen atoms in total. The van der Waals surface area contributed by atoms with Crippen LogP contribution in [-0.4, -0.2) is 53.8 Å². The van der Waals surface area contributed by atoms with Gasteiger partial charge >= 0.3 is 0 Å². The Labute approximate surface area is 175 Å². The molecule has 2 aromatic rings. The molecule has 3 rings (SSSR count). The summed E-state index contributed by atoms with van der Waals surface area (Å²) in [5.74, 6) is -0.596. The van der Waals surface area contributed by atoms with Crippen molar-refractivity contribution in [1.82, 2.24) is 9.80 Å². The summed E-state index contributed by atoms with van der Waals surface area (Å²) in [6, 6.07) is 14.3. The van der Waals surface area contributed by atoms with Gasteiger partial charge in [0.1, 0.15) is 19.8 Å². The van der Waals surface area contributed by atoms with Gasteiger partial charge in [-0.15, -0.1) is 0 Å². The quantitative estimate of drug-likeness (QED) is 0.729. The normalized spacial score (nSPS) is 13.7. The summed E-state index contributed by atoms with van der Waals surface area (Å²) in [5.41, 5.74) is 2.11. The summed E-state index contributed by atoms with van der Waals surface area (Å²) >= 11 is 6.02. The van der Waals surface area contributed by atoms with Gasteiger partial charge in [-0.2, -0.15) is 0 Å². The molecule has 0 unspecified atom stereocenters. The summed E-state index contributed by atoms with van der Waals surface area (Å²) < 4.78 is 0. The molecule has 0 spiro atoms. The maximum Gasteiger partial charge on any atom is 0.254 e. The van der Waals surface area contributed by atoms with Gasteiger partial charge in [0.25, 0.3) is 5.91 Å². The fourth-order valence-corrected chi connectivity index (χ4v) is 3.54. The lowest BCUT2D eigenvalue weighted by atomic mass is 10.1. The van der Waals surface area contributed by atoms with E-state index in [4.69, 9.17) is 11.6 Å². The highest BCUT2D eigenvalue weighted by atomic mass is 35.5. The van der Waals surface area contributed by atoms with Gasteiger partial charge in [-0.05, 0) is 43.2 Å². The molecule has 3 amide bonds. The van der Waals surface area contributed by atoms with Crippen LogP contribution in [0.1, 0.15) is 29.3 Å². The first-order valence-electron chi connectivity index (χ1n) is 9.59. The van der Waals surface area contributed by atoms with Crippen LogP contribution in [0.25, 0.3) is 0 Å². The Bertz CT molecular complexity index is 931. The smallest absolute Gasteiger partial charge is 0.254 e. The molecule has 0 bridgehead atoms. The average molecular weight is 414 g/mol. The highest BCUT2D eigenvalue weighted by Crippen LogP contribution is 2.23. The van der Waals surface area contributed by atoms with Crippen molar-refractivity contribution in [2.75, 3.05) is 31.2 Å². The van der Waals surface area contributed by atoms with E-state index in [1.165, 1.54) is 9.80 Å². The maximum absolute atomic E-state index is 13.0. The van der Waals surface area contributed by atoms with Crippen molar-refractivity contribution >= 4 is 35.0 Å². The van der Waals surface area contributed by atoms with E-state index in [2.05, 4.69) is 0 Å². The van der Waals surface area contributed by atoms with Crippen LogP contribution in [0.5, 0.6) is 0 Å². The molecule has 0 aliphatic carbocycles. The Morgan fingerprint density at radius 1 is 1.14 bits per heavy atom. The van der Waals surface area contributed by atoms with Crippen molar-refractivity contribution in [2.24, 2.45) is 0 Å². The van der Waals surface area contributed by atoms with E-state index in [1.54, 1.807) is 35.2 Å². The van der Waals surface area contributed by atoms with Crippen LogP contribution in [0.2, 0.25) is 5.02 Å². The van der Waals surface area contributed by atoms with E-state index in [0.29, 0.717) is 22.8 Å². The van der Waals surface area contributed by atoms with E-state index in [-0.39, 0.29) is 37.5 Å². The minimum absolute atomic E-state index is 0.0101. The molecule has 1 aliphatic rings. The fourth-order valence-electron chi connectivity index (χ4n) is 3.35. The Balaban J connectivity index is 1.71. The molecular weight excluding hydrogens is 390 g/mol. The number of hydrogen-bond acceptors (Lipinski definition) is 3. The monoisotopic (exact) mass is 413 g/mol. The number of halogens is 1. The molecule has 29 heavy (non-hydrogen) atoms. The van der Waals surface area contributed by atoms with E-state index in [9.17, 15) is 14.4 Å². The van der Waals surface area contributed by atoms with Crippen molar-refractivity contribution in [3.05, 3.63) is 64.7 Å². The summed E-state index contributed by atoms with van der Waals surface area (Å²) in [6.07, 6.45) is 0.735. The predicted octanol–water partition coefficient (Wildman–Crippen LogP) is 3.33. The third kappa shape index (κ3) is 4.77. The van der Waals surface area contributed by atoms with Gasteiger partial charge in [0.15, 0.2) is 0 Å². The molecule has 1 fully saturated rings. The van der Waals surface area contributed by atoms with E-state index >= 15 is 0 Å². The molecular formula is C22H24ClN3O3. The number of rotatable bonds is 6. The Morgan fingerprint density at radius 2 is 1.90 bits per heavy atom. The summed E-state index contributed by atoms with van der Waals surface area (Å²) in [5, 5.41) is 0.526. The molecule has 7 heteroatoms. The summed E-state index contributed by atoms with van der Waals surface area (Å²) in [7, 11) is 0. The number of carbonyl (C=O) groups excluding carboxylic acids is 3. The zero-order chi connectivity index (χ0) is 21.0. The van der Waals surface area contributed by atoms with Crippen LogP contribution < -0.4 is 4.90 Å². The number of carbonyl (C=O) groups is 3. The Hall–Kier alpha value is -2.86. The second kappa shape index (κ2) is 9.09.